The fourth-order valence-corrected chi connectivity index (χ4v) is 2.19. The second kappa shape index (κ2) is 5.10. The van der Waals surface area contributed by atoms with Crippen molar-refractivity contribution in [1.82, 2.24) is 5.32 Å². The maximum absolute atomic E-state index is 13.9. The minimum Gasteiger partial charge on any atom is -0.310 e. The van der Waals surface area contributed by atoms with Crippen LogP contribution in [-0.4, -0.2) is 6.04 Å². The Kier molecular flexibility index (Phi) is 3.30. The minimum atomic E-state index is -0.803. The van der Waals surface area contributed by atoms with Crippen LogP contribution >= 0.6 is 0 Å². The van der Waals surface area contributed by atoms with Crippen LogP contribution in [0.3, 0.4) is 0 Å². The Morgan fingerprint density at radius 2 is 1.68 bits per heavy atom. The molecule has 0 heterocycles. The molecule has 0 amide bonds. The quantitative estimate of drug-likeness (QED) is 0.878. The fourth-order valence-electron chi connectivity index (χ4n) is 2.19. The molecule has 0 aliphatic heterocycles. The van der Waals surface area contributed by atoms with Gasteiger partial charge in [0.25, 0.3) is 0 Å². The summed E-state index contributed by atoms with van der Waals surface area (Å²) < 4.78 is 27.2. The fraction of sp³-hybridized carbons (Fsp3) is 0.250. The zero-order chi connectivity index (χ0) is 13.2. The van der Waals surface area contributed by atoms with E-state index in [1.54, 1.807) is 12.1 Å². The minimum absolute atomic E-state index is 0.327. The molecular formula is C16H15F2N. The van der Waals surface area contributed by atoms with E-state index in [-0.39, 0.29) is 0 Å². The summed E-state index contributed by atoms with van der Waals surface area (Å²) in [6.07, 6.45) is 2.41. The molecule has 3 heteroatoms. The first-order chi connectivity index (χ1) is 9.25. The Labute approximate surface area is 111 Å². The molecule has 19 heavy (non-hydrogen) atoms. The van der Waals surface area contributed by atoms with E-state index in [4.69, 9.17) is 0 Å². The van der Waals surface area contributed by atoms with E-state index >= 15 is 0 Å². The SMILES string of the molecule is Fc1cccc(-c2ccccc2CNC2CC2)c1F. The van der Waals surface area contributed by atoms with Gasteiger partial charge in [-0.15, -0.1) is 0 Å². The van der Waals surface area contributed by atoms with E-state index in [2.05, 4.69) is 5.32 Å². The molecule has 1 nitrogen and oxygen atoms in total. The van der Waals surface area contributed by atoms with E-state index in [9.17, 15) is 8.78 Å². The van der Waals surface area contributed by atoms with Gasteiger partial charge in [0.2, 0.25) is 0 Å². The normalized spacial score (nSPS) is 14.6. The molecule has 1 fully saturated rings. The van der Waals surface area contributed by atoms with Gasteiger partial charge < -0.3 is 5.32 Å². The van der Waals surface area contributed by atoms with Crippen LogP contribution in [0.15, 0.2) is 42.5 Å². The molecule has 0 aromatic heterocycles. The highest BCUT2D eigenvalue weighted by atomic mass is 19.2. The Morgan fingerprint density at radius 1 is 0.947 bits per heavy atom. The van der Waals surface area contributed by atoms with Crippen molar-refractivity contribution in [3.8, 4) is 11.1 Å². The Balaban J connectivity index is 1.96. The van der Waals surface area contributed by atoms with Gasteiger partial charge in [0, 0.05) is 18.2 Å². The van der Waals surface area contributed by atoms with Gasteiger partial charge in [0.05, 0.1) is 0 Å². The first-order valence-electron chi connectivity index (χ1n) is 6.51. The average molecular weight is 259 g/mol. The summed E-state index contributed by atoms with van der Waals surface area (Å²) in [5.74, 6) is -1.58. The van der Waals surface area contributed by atoms with Gasteiger partial charge in [-0.05, 0) is 30.0 Å². The average Bonchev–Trinajstić information content (AvgIpc) is 3.24. The molecule has 1 aliphatic carbocycles. The third-order valence-electron chi connectivity index (χ3n) is 3.42. The molecule has 2 aromatic carbocycles. The zero-order valence-electron chi connectivity index (χ0n) is 10.5. The molecule has 1 saturated carbocycles. The van der Waals surface area contributed by atoms with E-state index < -0.39 is 11.6 Å². The molecule has 0 spiro atoms. The highest BCUT2D eigenvalue weighted by Gasteiger charge is 2.21. The maximum atomic E-state index is 13.9. The van der Waals surface area contributed by atoms with E-state index in [1.807, 2.05) is 24.3 Å². The number of benzene rings is 2. The van der Waals surface area contributed by atoms with Gasteiger partial charge in [-0.3, -0.25) is 0 Å². The van der Waals surface area contributed by atoms with Crippen molar-refractivity contribution in [2.45, 2.75) is 25.4 Å². The molecular weight excluding hydrogens is 244 g/mol. The smallest absolute Gasteiger partial charge is 0.166 e. The van der Waals surface area contributed by atoms with Crippen LogP contribution in [-0.2, 0) is 6.54 Å². The van der Waals surface area contributed by atoms with E-state index in [0.29, 0.717) is 18.2 Å². The van der Waals surface area contributed by atoms with Gasteiger partial charge in [-0.2, -0.15) is 0 Å². The number of hydrogen-bond acceptors (Lipinski definition) is 1. The molecule has 0 atom stereocenters. The second-order valence-corrected chi connectivity index (χ2v) is 4.91. The van der Waals surface area contributed by atoms with Crippen molar-refractivity contribution in [3.05, 3.63) is 59.7 Å². The topological polar surface area (TPSA) is 12.0 Å². The molecule has 3 rings (SSSR count). The molecule has 98 valence electrons. The van der Waals surface area contributed by atoms with Crippen LogP contribution in [0, 0.1) is 11.6 Å². The third kappa shape index (κ3) is 2.66. The molecule has 0 saturated heterocycles. The number of rotatable bonds is 4. The number of nitrogens with one attached hydrogen (secondary N) is 1. The summed E-state index contributed by atoms with van der Waals surface area (Å²) in [5.41, 5.74) is 2.08. The number of halogens is 2. The molecule has 1 N–H and O–H groups in total. The summed E-state index contributed by atoms with van der Waals surface area (Å²) in [6.45, 7) is 0.691. The summed E-state index contributed by atoms with van der Waals surface area (Å²) in [5, 5.41) is 3.40. The van der Waals surface area contributed by atoms with Crippen LogP contribution < -0.4 is 5.32 Å². The lowest BCUT2D eigenvalue weighted by atomic mass is 9.99. The van der Waals surface area contributed by atoms with Gasteiger partial charge in [0.1, 0.15) is 0 Å². The monoisotopic (exact) mass is 259 g/mol. The third-order valence-corrected chi connectivity index (χ3v) is 3.42. The van der Waals surface area contributed by atoms with Crippen molar-refractivity contribution in [3.63, 3.8) is 0 Å². The summed E-state index contributed by atoms with van der Waals surface area (Å²) >= 11 is 0. The largest absolute Gasteiger partial charge is 0.310 e. The van der Waals surface area contributed by atoms with Gasteiger partial charge in [-0.1, -0.05) is 36.4 Å². The summed E-state index contributed by atoms with van der Waals surface area (Å²) in [7, 11) is 0. The first-order valence-corrected chi connectivity index (χ1v) is 6.51. The van der Waals surface area contributed by atoms with Gasteiger partial charge in [-0.25, -0.2) is 8.78 Å². The Hall–Kier alpha value is -1.74. The van der Waals surface area contributed by atoms with Crippen LogP contribution in [0.2, 0.25) is 0 Å². The predicted molar refractivity (Wildman–Crippen MR) is 71.7 cm³/mol. The van der Waals surface area contributed by atoms with Crippen LogP contribution in [0.4, 0.5) is 8.78 Å². The van der Waals surface area contributed by atoms with Crippen molar-refractivity contribution < 1.29 is 8.78 Å². The van der Waals surface area contributed by atoms with Crippen molar-refractivity contribution >= 4 is 0 Å². The molecule has 0 unspecified atom stereocenters. The lowest BCUT2D eigenvalue weighted by Gasteiger charge is -2.11. The van der Waals surface area contributed by atoms with Crippen LogP contribution in [0.5, 0.6) is 0 Å². The first kappa shape index (κ1) is 12.3. The zero-order valence-corrected chi connectivity index (χ0v) is 10.5. The molecule has 1 aliphatic rings. The summed E-state index contributed by atoms with van der Waals surface area (Å²) in [4.78, 5) is 0. The van der Waals surface area contributed by atoms with Crippen LogP contribution in [0.25, 0.3) is 11.1 Å². The highest BCUT2D eigenvalue weighted by Crippen LogP contribution is 2.28. The second-order valence-electron chi connectivity index (χ2n) is 4.91. The lowest BCUT2D eigenvalue weighted by Crippen LogP contribution is -2.15. The van der Waals surface area contributed by atoms with Gasteiger partial charge in [0.15, 0.2) is 11.6 Å². The van der Waals surface area contributed by atoms with Crippen LogP contribution in [0.1, 0.15) is 18.4 Å². The summed E-state index contributed by atoms with van der Waals surface area (Å²) in [6, 6.07) is 12.4. The maximum Gasteiger partial charge on any atom is 0.166 e. The van der Waals surface area contributed by atoms with Crippen molar-refractivity contribution in [2.75, 3.05) is 0 Å². The van der Waals surface area contributed by atoms with Crippen molar-refractivity contribution in [1.29, 1.82) is 0 Å². The molecule has 0 bridgehead atoms. The van der Waals surface area contributed by atoms with E-state index in [1.165, 1.54) is 12.8 Å². The Morgan fingerprint density at radius 3 is 2.47 bits per heavy atom. The van der Waals surface area contributed by atoms with Crippen molar-refractivity contribution in [2.24, 2.45) is 0 Å². The molecule has 2 aromatic rings. The van der Waals surface area contributed by atoms with Gasteiger partial charge >= 0.3 is 0 Å². The number of hydrogen-bond donors (Lipinski definition) is 1. The standard InChI is InChI=1S/C16H15F2N/c17-15-7-3-6-14(16(15)18)13-5-2-1-4-11(13)10-19-12-8-9-12/h1-7,12,19H,8-10H2. The predicted octanol–water partition coefficient (Wildman–Crippen LogP) is 3.88. The highest BCUT2D eigenvalue weighted by molar-refractivity contribution is 5.68. The Bertz CT molecular complexity index is 591. The van der Waals surface area contributed by atoms with E-state index in [0.717, 1.165) is 17.2 Å². The molecule has 0 radical (unpaired) electrons. The lowest BCUT2D eigenvalue weighted by molar-refractivity contribution is 0.511.